The van der Waals surface area contributed by atoms with Gasteiger partial charge in [0.1, 0.15) is 15.7 Å². The first-order valence-electron chi connectivity index (χ1n) is 7.50. The number of methoxy groups -OCH3 is 1. The lowest BCUT2D eigenvalue weighted by atomic mass is 10.1. The zero-order valence-electron chi connectivity index (χ0n) is 13.2. The van der Waals surface area contributed by atoms with Gasteiger partial charge in [0.15, 0.2) is 0 Å². The van der Waals surface area contributed by atoms with Crippen LogP contribution in [0.2, 0.25) is 0 Å². The molecule has 3 rings (SSSR count). The highest BCUT2D eigenvalue weighted by molar-refractivity contribution is 8.22. The lowest BCUT2D eigenvalue weighted by Crippen LogP contribution is -2.43. The molecule has 0 spiro atoms. The summed E-state index contributed by atoms with van der Waals surface area (Å²) in [6.07, 6.45) is 0. The maximum absolute atomic E-state index is 11.8. The van der Waals surface area contributed by atoms with E-state index in [1.165, 1.54) is 6.07 Å². The van der Waals surface area contributed by atoms with E-state index < -0.39 is 0 Å². The fourth-order valence-electron chi connectivity index (χ4n) is 2.55. The van der Waals surface area contributed by atoms with Crippen molar-refractivity contribution in [2.45, 2.75) is 5.75 Å². The monoisotopic (exact) mass is 384 g/mol. The van der Waals surface area contributed by atoms with Gasteiger partial charge >= 0.3 is 5.63 Å². The molecule has 1 fully saturated rings. The molecular weight excluding hydrogens is 368 g/mol. The van der Waals surface area contributed by atoms with E-state index in [4.69, 9.17) is 33.1 Å². The van der Waals surface area contributed by atoms with Crippen LogP contribution in [0.15, 0.2) is 33.5 Å². The van der Waals surface area contributed by atoms with E-state index in [2.05, 4.69) is 4.90 Å². The van der Waals surface area contributed by atoms with E-state index in [1.54, 1.807) is 29.4 Å². The zero-order valence-corrected chi connectivity index (χ0v) is 15.5. The van der Waals surface area contributed by atoms with E-state index in [-0.39, 0.29) is 5.63 Å². The van der Waals surface area contributed by atoms with Crippen LogP contribution in [0, 0.1) is 0 Å². The third kappa shape index (κ3) is 4.03. The van der Waals surface area contributed by atoms with Crippen molar-refractivity contribution in [3.63, 3.8) is 0 Å². The lowest BCUT2D eigenvalue weighted by molar-refractivity contribution is 0.281. The van der Waals surface area contributed by atoms with Crippen molar-refractivity contribution in [2.75, 3.05) is 33.3 Å². The summed E-state index contributed by atoms with van der Waals surface area (Å²) in [5.74, 6) is 1.28. The number of thiocarbonyl (C=S) groups is 1. The van der Waals surface area contributed by atoms with Gasteiger partial charge in [-0.3, -0.25) is 0 Å². The topological polar surface area (TPSA) is 45.9 Å². The van der Waals surface area contributed by atoms with Crippen LogP contribution in [0.4, 0.5) is 0 Å². The third-order valence-electron chi connectivity index (χ3n) is 3.87. The molecule has 0 bridgehead atoms. The van der Waals surface area contributed by atoms with E-state index in [1.807, 2.05) is 12.1 Å². The van der Waals surface area contributed by atoms with Crippen molar-refractivity contribution < 1.29 is 9.15 Å². The molecule has 0 aliphatic carbocycles. The van der Waals surface area contributed by atoms with Crippen molar-refractivity contribution >= 4 is 51.0 Å². The van der Waals surface area contributed by atoms with Crippen molar-refractivity contribution in [1.29, 1.82) is 0 Å². The molecule has 5 nitrogen and oxygen atoms in total. The summed E-state index contributed by atoms with van der Waals surface area (Å²) in [6, 6.07) is 7.01. The minimum atomic E-state index is -0.368. The summed E-state index contributed by atoms with van der Waals surface area (Å²) < 4.78 is 13.0. The number of fused-ring (bicyclic) bond motifs is 1. The van der Waals surface area contributed by atoms with Gasteiger partial charge in [0, 0.05) is 49.5 Å². The van der Waals surface area contributed by atoms with Crippen molar-refractivity contribution in [2.24, 2.45) is 0 Å². The molecule has 0 saturated carbocycles. The normalized spacial score (nSPS) is 15.7. The van der Waals surface area contributed by atoms with Crippen LogP contribution >= 0.6 is 35.8 Å². The summed E-state index contributed by atoms with van der Waals surface area (Å²) in [5, 5.41) is 0.899. The molecule has 1 aromatic heterocycles. The van der Waals surface area contributed by atoms with Gasteiger partial charge in [-0.15, -0.1) is 0 Å². The highest BCUT2D eigenvalue weighted by Crippen LogP contribution is 2.26. The van der Waals surface area contributed by atoms with Crippen molar-refractivity contribution in [3.05, 3.63) is 40.2 Å². The standard InChI is InChI=1S/C16H17ClN2O3S2/c1-21-12-2-3-13-11(8-15(20)22-14(13)9-12)10-24-16(23)18-4-6-19(17)7-5-18/h2-3,8-9H,4-7,10H2,1H3. The highest BCUT2D eigenvalue weighted by Gasteiger charge is 2.18. The quantitative estimate of drug-likeness (QED) is 0.457. The molecule has 128 valence electrons. The Hall–Kier alpha value is -1.28. The maximum Gasteiger partial charge on any atom is 0.336 e. The van der Waals surface area contributed by atoms with Gasteiger partial charge in [0.05, 0.1) is 7.11 Å². The van der Waals surface area contributed by atoms with Gasteiger partial charge in [0.25, 0.3) is 0 Å². The fourth-order valence-corrected chi connectivity index (χ4v) is 3.95. The second-order valence-corrected chi connectivity index (χ2v) is 7.49. The summed E-state index contributed by atoms with van der Waals surface area (Å²) >= 11 is 13.0. The zero-order chi connectivity index (χ0) is 17.1. The van der Waals surface area contributed by atoms with E-state index >= 15 is 0 Å². The first-order chi connectivity index (χ1) is 11.6. The number of hydrogen-bond donors (Lipinski definition) is 0. The summed E-state index contributed by atoms with van der Waals surface area (Å²) in [7, 11) is 1.58. The molecule has 2 aromatic rings. The summed E-state index contributed by atoms with van der Waals surface area (Å²) in [4.78, 5) is 14.0. The largest absolute Gasteiger partial charge is 0.497 e. The molecule has 1 aliphatic rings. The Labute approximate surface area is 154 Å². The van der Waals surface area contributed by atoms with Crippen LogP contribution in [0.5, 0.6) is 5.75 Å². The van der Waals surface area contributed by atoms with Gasteiger partial charge in [0.2, 0.25) is 0 Å². The van der Waals surface area contributed by atoms with E-state index in [0.717, 1.165) is 41.4 Å². The first-order valence-corrected chi connectivity index (χ1v) is 9.23. The summed E-state index contributed by atoms with van der Waals surface area (Å²) in [6.45, 7) is 3.23. The molecule has 0 N–H and O–H groups in total. The fraction of sp³-hybridized carbons (Fsp3) is 0.375. The second kappa shape index (κ2) is 7.74. The summed E-state index contributed by atoms with van der Waals surface area (Å²) in [5.41, 5.74) is 1.07. The van der Waals surface area contributed by atoms with E-state index in [0.29, 0.717) is 17.1 Å². The molecule has 8 heteroatoms. The van der Waals surface area contributed by atoms with Gasteiger partial charge < -0.3 is 14.1 Å². The Morgan fingerprint density at radius 1 is 1.33 bits per heavy atom. The van der Waals surface area contributed by atoms with Crippen LogP contribution in [-0.2, 0) is 5.75 Å². The van der Waals surface area contributed by atoms with Gasteiger partial charge in [-0.1, -0.05) is 24.0 Å². The predicted octanol–water partition coefficient (Wildman–Crippen LogP) is 3.09. The highest BCUT2D eigenvalue weighted by atomic mass is 35.5. The van der Waals surface area contributed by atoms with E-state index in [9.17, 15) is 4.79 Å². The minimum Gasteiger partial charge on any atom is -0.497 e. The Morgan fingerprint density at radius 2 is 2.08 bits per heavy atom. The van der Waals surface area contributed by atoms with Crippen molar-refractivity contribution in [1.82, 2.24) is 9.32 Å². The lowest BCUT2D eigenvalue weighted by Gasteiger charge is -2.32. The number of nitrogens with zero attached hydrogens (tertiary/aromatic N) is 2. The molecule has 1 aromatic carbocycles. The Bertz CT molecular complexity index is 803. The molecule has 2 heterocycles. The van der Waals surface area contributed by atoms with Crippen LogP contribution in [-0.4, -0.2) is 46.9 Å². The molecule has 0 atom stereocenters. The number of halogens is 1. The Balaban J connectivity index is 1.75. The smallest absolute Gasteiger partial charge is 0.336 e. The average molecular weight is 385 g/mol. The first kappa shape index (κ1) is 17.5. The average Bonchev–Trinajstić information content (AvgIpc) is 2.59. The number of piperazine rings is 1. The SMILES string of the molecule is COc1ccc2c(CSC(=S)N3CCN(Cl)CC3)cc(=O)oc2c1. The molecule has 0 amide bonds. The number of ether oxygens (including phenoxy) is 1. The molecule has 0 radical (unpaired) electrons. The molecular formula is C16H17ClN2O3S2. The Kier molecular flexibility index (Phi) is 5.65. The number of rotatable bonds is 3. The number of hydrogen-bond acceptors (Lipinski definition) is 6. The third-order valence-corrected chi connectivity index (χ3v) is 5.78. The maximum atomic E-state index is 11.8. The van der Waals surface area contributed by atoms with Crippen LogP contribution in [0.1, 0.15) is 5.56 Å². The Morgan fingerprint density at radius 3 is 2.79 bits per heavy atom. The van der Waals surface area contributed by atoms with Crippen LogP contribution in [0.25, 0.3) is 11.0 Å². The second-order valence-electron chi connectivity index (χ2n) is 5.40. The molecule has 0 unspecified atom stereocenters. The minimum absolute atomic E-state index is 0.368. The van der Waals surface area contributed by atoms with Crippen LogP contribution in [0.3, 0.4) is 0 Å². The molecule has 1 saturated heterocycles. The number of thioether (sulfide) groups is 1. The number of benzene rings is 1. The predicted molar refractivity (Wildman–Crippen MR) is 102 cm³/mol. The molecule has 24 heavy (non-hydrogen) atoms. The van der Waals surface area contributed by atoms with Crippen molar-refractivity contribution in [3.8, 4) is 5.75 Å². The van der Waals surface area contributed by atoms with Gasteiger partial charge in [-0.2, -0.15) is 0 Å². The molecule has 1 aliphatic heterocycles. The van der Waals surface area contributed by atoms with Gasteiger partial charge in [-0.05, 0) is 29.5 Å². The van der Waals surface area contributed by atoms with Gasteiger partial charge in [-0.25, -0.2) is 9.21 Å². The van der Waals surface area contributed by atoms with Crippen LogP contribution < -0.4 is 10.4 Å².